The molecule has 0 saturated heterocycles. The molecule has 0 saturated carbocycles. The maximum absolute atomic E-state index is 13.9. The van der Waals surface area contributed by atoms with Crippen LogP contribution in [0.4, 0.5) is 10.2 Å². The third-order valence-corrected chi connectivity index (χ3v) is 7.87. The minimum Gasteiger partial charge on any atom is -0.363 e. The van der Waals surface area contributed by atoms with Gasteiger partial charge in [-0.15, -0.1) is 0 Å². The lowest BCUT2D eigenvalue weighted by Gasteiger charge is -2.38. The van der Waals surface area contributed by atoms with E-state index in [0.29, 0.717) is 18.4 Å². The van der Waals surface area contributed by atoms with Crippen molar-refractivity contribution in [3.8, 4) is 11.3 Å². The monoisotopic (exact) mass is 514 g/mol. The van der Waals surface area contributed by atoms with E-state index < -0.39 is 5.54 Å². The van der Waals surface area contributed by atoms with Crippen LogP contribution >= 0.6 is 0 Å². The summed E-state index contributed by atoms with van der Waals surface area (Å²) in [5.74, 6) is 0.256. The first-order valence-electron chi connectivity index (χ1n) is 13.2. The second-order valence-electron chi connectivity index (χ2n) is 10.7. The summed E-state index contributed by atoms with van der Waals surface area (Å²) in [5.41, 5.74) is 3.24. The molecule has 3 heterocycles. The number of carbonyl (C=O) groups excluding carboxylic acids is 1. The van der Waals surface area contributed by atoms with Gasteiger partial charge in [-0.2, -0.15) is 10.2 Å². The Hall–Kier alpha value is -3.94. The lowest BCUT2D eigenvalue weighted by atomic mass is 9.87. The highest BCUT2D eigenvalue weighted by molar-refractivity contribution is 5.99. The minimum absolute atomic E-state index is 0.0689. The largest absolute Gasteiger partial charge is 0.363 e. The fraction of sp³-hybridized carbons (Fsp3) is 0.367. The molecule has 8 heteroatoms. The van der Waals surface area contributed by atoms with E-state index in [4.69, 9.17) is 0 Å². The Morgan fingerprint density at radius 2 is 1.82 bits per heavy atom. The molecule has 2 aromatic carbocycles. The maximum atomic E-state index is 13.9. The van der Waals surface area contributed by atoms with Gasteiger partial charge in [0, 0.05) is 12.6 Å². The van der Waals surface area contributed by atoms with Gasteiger partial charge in [0.05, 0.1) is 34.7 Å². The van der Waals surface area contributed by atoms with Crippen molar-refractivity contribution in [3.05, 3.63) is 89.5 Å². The van der Waals surface area contributed by atoms with Crippen molar-refractivity contribution in [2.24, 2.45) is 7.05 Å². The topological polar surface area (TPSA) is 76.8 Å². The lowest BCUT2D eigenvalue weighted by Crippen LogP contribution is -2.46. The summed E-state index contributed by atoms with van der Waals surface area (Å²) in [6, 6.07) is 18.7. The molecule has 5 rings (SSSR count). The quantitative estimate of drug-likeness (QED) is 0.310. The van der Waals surface area contributed by atoms with E-state index in [9.17, 15) is 9.18 Å². The number of nitrogens with zero attached hydrogens (tertiary/aromatic N) is 4. The summed E-state index contributed by atoms with van der Waals surface area (Å²) in [5, 5.41) is 16.3. The number of amides is 1. The average molecular weight is 515 g/mol. The average Bonchev–Trinajstić information content (AvgIpc) is 3.53. The van der Waals surface area contributed by atoms with Crippen LogP contribution in [0.2, 0.25) is 0 Å². The molecule has 0 aliphatic carbocycles. The van der Waals surface area contributed by atoms with Crippen LogP contribution < -0.4 is 10.6 Å². The van der Waals surface area contributed by atoms with Crippen LogP contribution in [-0.2, 0) is 18.1 Å². The molecule has 198 valence electrons. The Labute approximate surface area is 223 Å². The molecule has 4 aromatic rings. The Morgan fingerprint density at radius 3 is 2.47 bits per heavy atom. The Kier molecular flexibility index (Phi) is 6.59. The van der Waals surface area contributed by atoms with Crippen molar-refractivity contribution < 1.29 is 9.18 Å². The van der Waals surface area contributed by atoms with E-state index in [1.165, 1.54) is 17.7 Å². The van der Waals surface area contributed by atoms with Crippen LogP contribution in [-0.4, -0.2) is 25.5 Å². The molecule has 1 atom stereocenters. The summed E-state index contributed by atoms with van der Waals surface area (Å²) in [6.07, 6.45) is 3.86. The van der Waals surface area contributed by atoms with Crippen LogP contribution in [0.1, 0.15) is 74.6 Å². The SMILES string of the molecule is CCC(CC)(NC(=O)c1cnn2c1NC(c1ccccc1)CC2(C)C)c1cc(-c2ccc(F)cc2)nn1C. The van der Waals surface area contributed by atoms with Crippen molar-refractivity contribution in [2.45, 2.75) is 64.1 Å². The number of aromatic nitrogens is 4. The number of carbonyl (C=O) groups is 1. The number of anilines is 1. The van der Waals surface area contributed by atoms with E-state index in [0.717, 1.165) is 29.2 Å². The Balaban J connectivity index is 1.47. The molecule has 1 unspecified atom stereocenters. The van der Waals surface area contributed by atoms with Crippen LogP contribution in [0, 0.1) is 5.82 Å². The fourth-order valence-corrected chi connectivity index (χ4v) is 5.62. The third kappa shape index (κ3) is 4.48. The molecule has 2 N–H and O–H groups in total. The van der Waals surface area contributed by atoms with Crippen molar-refractivity contribution in [1.82, 2.24) is 24.9 Å². The molecule has 0 bridgehead atoms. The molecule has 1 amide bonds. The normalized spacial score (nSPS) is 16.5. The number of rotatable bonds is 7. The lowest BCUT2D eigenvalue weighted by molar-refractivity contribution is 0.0884. The van der Waals surface area contributed by atoms with Crippen molar-refractivity contribution in [2.75, 3.05) is 5.32 Å². The minimum atomic E-state index is -0.644. The first kappa shape index (κ1) is 25.7. The molecule has 0 fully saturated rings. The molecule has 1 aliphatic rings. The number of fused-ring (bicyclic) bond motifs is 1. The number of halogens is 1. The smallest absolute Gasteiger partial charge is 0.257 e. The van der Waals surface area contributed by atoms with Gasteiger partial charge in [0.1, 0.15) is 17.2 Å². The number of nitrogens with one attached hydrogen (secondary N) is 2. The zero-order chi connectivity index (χ0) is 27.1. The maximum Gasteiger partial charge on any atom is 0.257 e. The first-order valence-corrected chi connectivity index (χ1v) is 13.2. The second-order valence-corrected chi connectivity index (χ2v) is 10.7. The van der Waals surface area contributed by atoms with E-state index in [1.54, 1.807) is 18.3 Å². The van der Waals surface area contributed by atoms with Gasteiger partial charge < -0.3 is 10.6 Å². The standard InChI is InChI=1S/C30H35FN6O/c1-6-30(7-2,26-17-24(35-36(26)5)21-13-15-22(31)16-14-21)34-28(38)23-19-32-37-27(23)33-25(18-29(37,3)4)20-11-9-8-10-12-20/h8-17,19,25,33H,6-7,18H2,1-5H3,(H,34,38). The van der Waals surface area contributed by atoms with Crippen molar-refractivity contribution >= 4 is 11.7 Å². The van der Waals surface area contributed by atoms with E-state index >= 15 is 0 Å². The van der Waals surface area contributed by atoms with Crippen LogP contribution in [0.15, 0.2) is 66.9 Å². The van der Waals surface area contributed by atoms with Crippen LogP contribution in [0.25, 0.3) is 11.3 Å². The van der Waals surface area contributed by atoms with E-state index in [-0.39, 0.29) is 23.3 Å². The zero-order valence-corrected chi connectivity index (χ0v) is 22.6. The summed E-state index contributed by atoms with van der Waals surface area (Å²) < 4.78 is 17.2. The Bertz CT molecular complexity index is 1430. The van der Waals surface area contributed by atoms with Gasteiger partial charge in [-0.3, -0.25) is 9.48 Å². The van der Waals surface area contributed by atoms with E-state index in [1.807, 2.05) is 40.7 Å². The van der Waals surface area contributed by atoms with Gasteiger partial charge in [-0.05, 0) is 69.0 Å². The molecule has 38 heavy (non-hydrogen) atoms. The van der Waals surface area contributed by atoms with Gasteiger partial charge >= 0.3 is 0 Å². The highest BCUT2D eigenvalue weighted by atomic mass is 19.1. The van der Waals surface area contributed by atoms with Gasteiger partial charge in [0.25, 0.3) is 5.91 Å². The van der Waals surface area contributed by atoms with Gasteiger partial charge in [0.15, 0.2) is 0 Å². The molecule has 0 spiro atoms. The molecular weight excluding hydrogens is 479 g/mol. The highest BCUT2D eigenvalue weighted by Crippen LogP contribution is 2.40. The Morgan fingerprint density at radius 1 is 1.13 bits per heavy atom. The zero-order valence-electron chi connectivity index (χ0n) is 22.6. The molecule has 1 aliphatic heterocycles. The predicted octanol–water partition coefficient (Wildman–Crippen LogP) is 6.16. The van der Waals surface area contributed by atoms with Gasteiger partial charge in [-0.1, -0.05) is 44.2 Å². The number of hydrogen-bond acceptors (Lipinski definition) is 4. The third-order valence-electron chi connectivity index (χ3n) is 7.87. The molecule has 7 nitrogen and oxygen atoms in total. The fourth-order valence-electron chi connectivity index (χ4n) is 5.62. The first-order chi connectivity index (χ1) is 18.2. The van der Waals surface area contributed by atoms with Crippen molar-refractivity contribution in [3.63, 3.8) is 0 Å². The highest BCUT2D eigenvalue weighted by Gasteiger charge is 2.39. The molecule has 0 radical (unpaired) electrons. The number of hydrogen-bond donors (Lipinski definition) is 2. The van der Waals surface area contributed by atoms with E-state index in [2.05, 4.69) is 60.7 Å². The summed E-state index contributed by atoms with van der Waals surface area (Å²) >= 11 is 0. The summed E-state index contributed by atoms with van der Waals surface area (Å²) in [6.45, 7) is 8.43. The van der Waals surface area contributed by atoms with Crippen molar-refractivity contribution in [1.29, 1.82) is 0 Å². The molecule has 2 aromatic heterocycles. The van der Waals surface area contributed by atoms with Gasteiger partial charge in [-0.25, -0.2) is 9.07 Å². The number of aryl methyl sites for hydroxylation is 1. The summed E-state index contributed by atoms with van der Waals surface area (Å²) in [7, 11) is 1.88. The molecular formula is C30H35FN6O. The second kappa shape index (κ2) is 9.74. The predicted molar refractivity (Wildman–Crippen MR) is 147 cm³/mol. The van der Waals surface area contributed by atoms with Crippen LogP contribution in [0.5, 0.6) is 0 Å². The number of benzene rings is 2. The van der Waals surface area contributed by atoms with Crippen LogP contribution in [0.3, 0.4) is 0 Å². The van der Waals surface area contributed by atoms with Gasteiger partial charge in [0.2, 0.25) is 0 Å². The summed E-state index contributed by atoms with van der Waals surface area (Å²) in [4.78, 5) is 13.9.